The summed E-state index contributed by atoms with van der Waals surface area (Å²) in [7, 11) is 1.81. The topological polar surface area (TPSA) is 76.0 Å². The van der Waals surface area contributed by atoms with Crippen molar-refractivity contribution >= 4 is 17.4 Å². The summed E-state index contributed by atoms with van der Waals surface area (Å²) in [5.41, 5.74) is 8.10. The molecule has 0 bridgehead atoms. The molecule has 4 aromatic rings. The molecule has 0 radical (unpaired) electrons. The molecule has 0 atom stereocenters. The summed E-state index contributed by atoms with van der Waals surface area (Å²) in [4.78, 5) is 30.6. The molecule has 6 nitrogen and oxygen atoms in total. The van der Waals surface area contributed by atoms with E-state index >= 15 is 0 Å². The highest BCUT2D eigenvalue weighted by atomic mass is 16.2. The van der Waals surface area contributed by atoms with E-state index < -0.39 is 11.7 Å². The number of nitrogens with zero attached hydrogens (tertiary/aromatic N) is 2. The van der Waals surface area contributed by atoms with Gasteiger partial charge in [-0.25, -0.2) is 0 Å². The summed E-state index contributed by atoms with van der Waals surface area (Å²) in [6.45, 7) is 7.68. The fraction of sp³-hybridized carbons (Fsp3) is 0.258. The Hall–Kier alpha value is -4.03. The first-order chi connectivity index (χ1) is 17.8. The van der Waals surface area contributed by atoms with Gasteiger partial charge in [-0.2, -0.15) is 0 Å². The third-order valence-electron chi connectivity index (χ3n) is 6.47. The van der Waals surface area contributed by atoms with Gasteiger partial charge < -0.3 is 15.2 Å². The maximum atomic E-state index is 13.1. The van der Waals surface area contributed by atoms with Crippen LogP contribution in [0.4, 0.5) is 5.69 Å². The third-order valence-corrected chi connectivity index (χ3v) is 6.47. The van der Waals surface area contributed by atoms with Gasteiger partial charge in [-0.3, -0.25) is 14.6 Å². The van der Waals surface area contributed by atoms with E-state index in [9.17, 15) is 9.59 Å². The van der Waals surface area contributed by atoms with Crippen molar-refractivity contribution in [2.24, 2.45) is 7.05 Å². The normalized spacial score (nSPS) is 10.9. The van der Waals surface area contributed by atoms with Gasteiger partial charge in [0.15, 0.2) is 0 Å². The summed E-state index contributed by atoms with van der Waals surface area (Å²) in [6.07, 6.45) is 1.91. The molecular weight excluding hydrogens is 460 g/mol. The number of Topliss-reactive ketones (excluding diaryl/α,β-unsaturated/α-hetero) is 1. The number of hydrogen-bond acceptors (Lipinski definition) is 4. The SMILES string of the molecule is Cc1cc(C)nc(CNCCCc2ccc(NC(=O)C(=O)c3c(-c4ccccc4)cc(C)n3C)cc2)c1. The second kappa shape index (κ2) is 11.8. The molecule has 0 aliphatic heterocycles. The lowest BCUT2D eigenvalue weighted by molar-refractivity contribution is -0.112. The van der Waals surface area contributed by atoms with Crippen molar-refractivity contribution < 1.29 is 9.59 Å². The predicted molar refractivity (Wildman–Crippen MR) is 149 cm³/mol. The van der Waals surface area contributed by atoms with Crippen LogP contribution in [0.15, 0.2) is 72.8 Å². The summed E-state index contributed by atoms with van der Waals surface area (Å²) in [6, 6.07) is 23.5. The molecule has 0 saturated heterocycles. The maximum absolute atomic E-state index is 13.1. The van der Waals surface area contributed by atoms with Gasteiger partial charge in [0.1, 0.15) is 5.69 Å². The summed E-state index contributed by atoms with van der Waals surface area (Å²) in [5.74, 6) is -1.20. The first kappa shape index (κ1) is 26.0. The van der Waals surface area contributed by atoms with E-state index in [1.165, 1.54) is 11.1 Å². The number of carbonyl (C=O) groups excluding carboxylic acids is 2. The maximum Gasteiger partial charge on any atom is 0.298 e. The molecule has 2 N–H and O–H groups in total. The van der Waals surface area contributed by atoms with Crippen molar-refractivity contribution in [2.45, 2.75) is 40.2 Å². The van der Waals surface area contributed by atoms with Crippen molar-refractivity contribution in [2.75, 3.05) is 11.9 Å². The Balaban J connectivity index is 1.30. The second-order valence-electron chi connectivity index (χ2n) is 9.51. The van der Waals surface area contributed by atoms with Gasteiger partial charge in [0.05, 0.1) is 5.69 Å². The molecule has 0 spiro atoms. The molecule has 0 saturated carbocycles. The minimum Gasteiger partial charge on any atom is -0.345 e. The van der Waals surface area contributed by atoms with Gasteiger partial charge in [-0.1, -0.05) is 42.5 Å². The Bertz CT molecular complexity index is 1370. The first-order valence-corrected chi connectivity index (χ1v) is 12.6. The van der Waals surface area contributed by atoms with E-state index in [0.717, 1.165) is 54.1 Å². The quantitative estimate of drug-likeness (QED) is 0.172. The summed E-state index contributed by atoms with van der Waals surface area (Å²) >= 11 is 0. The van der Waals surface area contributed by atoms with Gasteiger partial charge in [0.2, 0.25) is 0 Å². The minimum atomic E-state index is -0.643. The molecule has 2 aromatic heterocycles. The summed E-state index contributed by atoms with van der Waals surface area (Å²) < 4.78 is 1.78. The van der Waals surface area contributed by atoms with Crippen molar-refractivity contribution in [1.82, 2.24) is 14.9 Å². The molecule has 2 aromatic carbocycles. The van der Waals surface area contributed by atoms with E-state index in [-0.39, 0.29) is 0 Å². The number of pyridine rings is 1. The van der Waals surface area contributed by atoms with Gasteiger partial charge >= 0.3 is 0 Å². The van der Waals surface area contributed by atoms with Crippen LogP contribution in [0, 0.1) is 20.8 Å². The Morgan fingerprint density at radius 3 is 2.35 bits per heavy atom. The van der Waals surface area contributed by atoms with Gasteiger partial charge in [-0.05, 0) is 87.2 Å². The monoisotopic (exact) mass is 494 g/mol. The van der Waals surface area contributed by atoms with E-state index in [2.05, 4.69) is 34.7 Å². The predicted octanol–water partition coefficient (Wildman–Crippen LogP) is 5.56. The molecule has 0 unspecified atom stereocenters. The highest BCUT2D eigenvalue weighted by Crippen LogP contribution is 2.27. The zero-order chi connectivity index (χ0) is 26.4. The lowest BCUT2D eigenvalue weighted by Crippen LogP contribution is -2.25. The minimum absolute atomic E-state index is 0.390. The van der Waals surface area contributed by atoms with E-state index in [4.69, 9.17) is 0 Å². The van der Waals surface area contributed by atoms with Gasteiger partial charge in [0.25, 0.3) is 11.7 Å². The van der Waals surface area contributed by atoms with Crippen molar-refractivity contribution in [3.63, 3.8) is 0 Å². The number of rotatable bonds is 10. The van der Waals surface area contributed by atoms with Crippen LogP contribution in [0.25, 0.3) is 11.1 Å². The number of carbonyl (C=O) groups is 2. The summed E-state index contributed by atoms with van der Waals surface area (Å²) in [5, 5.41) is 6.22. The average molecular weight is 495 g/mol. The van der Waals surface area contributed by atoms with Crippen LogP contribution in [0.2, 0.25) is 0 Å². The highest BCUT2D eigenvalue weighted by Gasteiger charge is 2.25. The number of amides is 1. The van der Waals surface area contributed by atoms with Crippen molar-refractivity contribution in [3.05, 3.63) is 107 Å². The zero-order valence-corrected chi connectivity index (χ0v) is 22.0. The molecule has 6 heteroatoms. The molecule has 37 heavy (non-hydrogen) atoms. The van der Waals surface area contributed by atoms with Crippen LogP contribution in [-0.4, -0.2) is 27.8 Å². The molecule has 4 rings (SSSR count). The molecule has 0 aliphatic carbocycles. The largest absolute Gasteiger partial charge is 0.345 e. The number of ketones is 1. The van der Waals surface area contributed by atoms with E-state index in [1.807, 2.05) is 81.6 Å². The number of anilines is 1. The average Bonchev–Trinajstić information content (AvgIpc) is 3.18. The fourth-order valence-corrected chi connectivity index (χ4v) is 4.54. The fourth-order valence-electron chi connectivity index (χ4n) is 4.54. The Morgan fingerprint density at radius 1 is 0.919 bits per heavy atom. The number of hydrogen-bond donors (Lipinski definition) is 2. The molecule has 2 heterocycles. The lowest BCUT2D eigenvalue weighted by atomic mass is 10.0. The molecule has 0 fully saturated rings. The van der Waals surface area contributed by atoms with Gasteiger partial charge in [0, 0.05) is 36.2 Å². The molecular formula is C31H34N4O2. The zero-order valence-electron chi connectivity index (χ0n) is 22.0. The number of aryl methyl sites for hydroxylation is 4. The Labute approximate surface area is 218 Å². The van der Waals surface area contributed by atoms with Crippen LogP contribution in [-0.2, 0) is 24.8 Å². The first-order valence-electron chi connectivity index (χ1n) is 12.6. The van der Waals surface area contributed by atoms with E-state index in [0.29, 0.717) is 11.4 Å². The van der Waals surface area contributed by atoms with Crippen molar-refractivity contribution in [1.29, 1.82) is 0 Å². The smallest absolute Gasteiger partial charge is 0.298 e. The Morgan fingerprint density at radius 2 is 1.65 bits per heavy atom. The number of aromatic nitrogens is 2. The van der Waals surface area contributed by atoms with Crippen LogP contribution in [0.5, 0.6) is 0 Å². The molecule has 190 valence electrons. The third kappa shape index (κ3) is 6.60. The van der Waals surface area contributed by atoms with Crippen LogP contribution >= 0.6 is 0 Å². The van der Waals surface area contributed by atoms with Crippen molar-refractivity contribution in [3.8, 4) is 11.1 Å². The number of nitrogens with one attached hydrogen (secondary N) is 2. The van der Waals surface area contributed by atoms with Crippen LogP contribution < -0.4 is 10.6 Å². The number of benzene rings is 2. The van der Waals surface area contributed by atoms with Crippen LogP contribution in [0.3, 0.4) is 0 Å². The van der Waals surface area contributed by atoms with Crippen LogP contribution in [0.1, 0.15) is 45.1 Å². The second-order valence-corrected chi connectivity index (χ2v) is 9.51. The highest BCUT2D eigenvalue weighted by molar-refractivity contribution is 6.47. The lowest BCUT2D eigenvalue weighted by Gasteiger charge is -2.10. The molecule has 0 aliphatic rings. The standard InChI is InChI=1S/C31H34N4O2/c1-21-17-22(2)33-27(18-21)20-32-16-8-9-24-12-14-26(15-13-24)34-31(37)30(36)29-28(19-23(3)35(29)4)25-10-6-5-7-11-25/h5-7,10-15,17-19,32H,8-9,16,20H2,1-4H3,(H,34,37). The Kier molecular flexibility index (Phi) is 8.31. The van der Waals surface area contributed by atoms with E-state index in [1.54, 1.807) is 4.57 Å². The van der Waals surface area contributed by atoms with Gasteiger partial charge in [-0.15, -0.1) is 0 Å². The molecule has 1 amide bonds.